The average molecular weight is 375 g/mol. The number of carbonyl (C=O) groups excluding carboxylic acids is 1. The summed E-state index contributed by atoms with van der Waals surface area (Å²) in [5, 5.41) is 6.14. The van der Waals surface area contributed by atoms with E-state index >= 15 is 0 Å². The van der Waals surface area contributed by atoms with E-state index in [0.717, 1.165) is 28.1 Å². The minimum atomic E-state index is -0.120. The summed E-state index contributed by atoms with van der Waals surface area (Å²) in [7, 11) is 0. The topological polar surface area (TPSA) is 79.8 Å². The first-order valence-corrected chi connectivity index (χ1v) is 9.23. The first-order valence-electron chi connectivity index (χ1n) is 9.23. The van der Waals surface area contributed by atoms with Crippen LogP contribution >= 0.6 is 0 Å². The SMILES string of the molecule is Cc1cc(C)c(NC(=O)CNc2nc(-c3ccccn3)nc(C)c2C)c(C)c1. The van der Waals surface area contributed by atoms with Crippen LogP contribution in [-0.4, -0.2) is 27.4 Å². The number of aromatic nitrogens is 3. The highest BCUT2D eigenvalue weighted by Crippen LogP contribution is 2.22. The third-order valence-corrected chi connectivity index (χ3v) is 4.64. The van der Waals surface area contributed by atoms with Crippen molar-refractivity contribution in [2.24, 2.45) is 0 Å². The maximum absolute atomic E-state index is 12.5. The molecule has 2 N–H and O–H groups in total. The molecule has 0 aliphatic heterocycles. The van der Waals surface area contributed by atoms with Gasteiger partial charge >= 0.3 is 0 Å². The van der Waals surface area contributed by atoms with Crippen molar-refractivity contribution >= 4 is 17.4 Å². The third kappa shape index (κ3) is 4.34. The molecule has 0 saturated carbocycles. The summed E-state index contributed by atoms with van der Waals surface area (Å²) in [6.45, 7) is 10.0. The molecule has 0 saturated heterocycles. The lowest BCUT2D eigenvalue weighted by Gasteiger charge is -2.15. The molecule has 3 rings (SSSR count). The molecule has 0 bridgehead atoms. The molecule has 28 heavy (non-hydrogen) atoms. The van der Waals surface area contributed by atoms with Crippen LogP contribution in [0.15, 0.2) is 36.5 Å². The Balaban J connectivity index is 1.76. The van der Waals surface area contributed by atoms with Crippen molar-refractivity contribution in [3.8, 4) is 11.5 Å². The van der Waals surface area contributed by atoms with E-state index in [9.17, 15) is 4.79 Å². The molecule has 0 aliphatic carbocycles. The molecule has 1 amide bonds. The molecule has 0 fully saturated rings. The van der Waals surface area contributed by atoms with Gasteiger partial charge in [-0.1, -0.05) is 23.8 Å². The predicted octanol–water partition coefficient (Wildman–Crippen LogP) is 4.13. The molecule has 1 aromatic carbocycles. The van der Waals surface area contributed by atoms with Gasteiger partial charge in [0.15, 0.2) is 5.82 Å². The minimum Gasteiger partial charge on any atom is -0.361 e. The lowest BCUT2D eigenvalue weighted by atomic mass is 10.1. The smallest absolute Gasteiger partial charge is 0.243 e. The van der Waals surface area contributed by atoms with E-state index in [0.29, 0.717) is 17.3 Å². The van der Waals surface area contributed by atoms with Gasteiger partial charge in [0.1, 0.15) is 11.5 Å². The molecular weight excluding hydrogens is 350 g/mol. The van der Waals surface area contributed by atoms with Crippen LogP contribution in [0, 0.1) is 34.6 Å². The van der Waals surface area contributed by atoms with Gasteiger partial charge in [-0.3, -0.25) is 9.78 Å². The van der Waals surface area contributed by atoms with Crippen molar-refractivity contribution in [1.29, 1.82) is 0 Å². The summed E-state index contributed by atoms with van der Waals surface area (Å²) >= 11 is 0. The van der Waals surface area contributed by atoms with Crippen LogP contribution in [0.5, 0.6) is 0 Å². The van der Waals surface area contributed by atoms with Gasteiger partial charge in [-0.05, 0) is 57.9 Å². The standard InChI is InChI=1S/C22H25N5O/c1-13-10-14(2)20(15(3)11-13)26-19(28)12-24-21-16(4)17(5)25-22(27-21)18-8-6-7-9-23-18/h6-11H,12H2,1-5H3,(H,26,28)(H,24,25,27). The molecule has 2 heterocycles. The Morgan fingerprint density at radius 3 is 2.36 bits per heavy atom. The molecule has 0 atom stereocenters. The largest absolute Gasteiger partial charge is 0.361 e. The zero-order valence-corrected chi connectivity index (χ0v) is 16.9. The van der Waals surface area contributed by atoms with Crippen LogP contribution in [0.25, 0.3) is 11.5 Å². The molecule has 0 radical (unpaired) electrons. The van der Waals surface area contributed by atoms with E-state index < -0.39 is 0 Å². The first-order chi connectivity index (χ1) is 13.3. The average Bonchev–Trinajstić information content (AvgIpc) is 2.66. The number of anilines is 2. The van der Waals surface area contributed by atoms with Crippen LogP contribution in [0.3, 0.4) is 0 Å². The maximum Gasteiger partial charge on any atom is 0.243 e. The lowest BCUT2D eigenvalue weighted by Crippen LogP contribution is -2.23. The summed E-state index contributed by atoms with van der Waals surface area (Å²) < 4.78 is 0. The second kappa shape index (κ2) is 8.17. The van der Waals surface area contributed by atoms with E-state index in [1.165, 1.54) is 5.56 Å². The molecule has 0 unspecified atom stereocenters. The Labute approximate surface area is 165 Å². The lowest BCUT2D eigenvalue weighted by molar-refractivity contribution is -0.114. The number of nitrogens with zero attached hydrogens (tertiary/aromatic N) is 3. The summed E-state index contributed by atoms with van der Waals surface area (Å²) in [5.41, 5.74) is 6.61. The fourth-order valence-electron chi connectivity index (χ4n) is 3.14. The van der Waals surface area contributed by atoms with Gasteiger partial charge in [-0.15, -0.1) is 0 Å². The van der Waals surface area contributed by atoms with Crippen LogP contribution in [0.2, 0.25) is 0 Å². The Morgan fingerprint density at radius 1 is 1.00 bits per heavy atom. The maximum atomic E-state index is 12.5. The number of pyridine rings is 1. The number of carbonyl (C=O) groups is 1. The van der Waals surface area contributed by atoms with E-state index in [-0.39, 0.29) is 12.5 Å². The fourth-order valence-corrected chi connectivity index (χ4v) is 3.14. The number of nitrogens with one attached hydrogen (secondary N) is 2. The Morgan fingerprint density at radius 2 is 1.71 bits per heavy atom. The number of aryl methyl sites for hydroxylation is 4. The monoisotopic (exact) mass is 375 g/mol. The van der Waals surface area contributed by atoms with E-state index in [4.69, 9.17) is 0 Å². The van der Waals surface area contributed by atoms with Crippen molar-refractivity contribution in [3.05, 3.63) is 64.5 Å². The van der Waals surface area contributed by atoms with Crippen molar-refractivity contribution in [1.82, 2.24) is 15.0 Å². The molecule has 144 valence electrons. The van der Waals surface area contributed by atoms with Crippen LogP contribution < -0.4 is 10.6 Å². The molecule has 6 nitrogen and oxygen atoms in total. The van der Waals surface area contributed by atoms with Gasteiger partial charge in [0, 0.05) is 23.1 Å². The Bertz CT molecular complexity index is 992. The van der Waals surface area contributed by atoms with Gasteiger partial charge in [-0.2, -0.15) is 0 Å². The molecule has 0 spiro atoms. The van der Waals surface area contributed by atoms with Crippen LogP contribution in [0.4, 0.5) is 11.5 Å². The van der Waals surface area contributed by atoms with Crippen molar-refractivity contribution in [3.63, 3.8) is 0 Å². The van der Waals surface area contributed by atoms with E-state index in [1.54, 1.807) is 6.20 Å². The molecule has 3 aromatic rings. The Hall–Kier alpha value is -3.28. The zero-order chi connectivity index (χ0) is 20.3. The van der Waals surface area contributed by atoms with Crippen LogP contribution in [0.1, 0.15) is 27.9 Å². The second-order valence-corrected chi connectivity index (χ2v) is 7.00. The summed E-state index contributed by atoms with van der Waals surface area (Å²) in [5.74, 6) is 1.06. The van der Waals surface area contributed by atoms with E-state index in [1.807, 2.05) is 52.8 Å². The summed E-state index contributed by atoms with van der Waals surface area (Å²) in [6, 6.07) is 9.74. The highest BCUT2D eigenvalue weighted by atomic mass is 16.1. The van der Waals surface area contributed by atoms with Crippen molar-refractivity contribution in [2.45, 2.75) is 34.6 Å². The second-order valence-electron chi connectivity index (χ2n) is 7.00. The van der Waals surface area contributed by atoms with Crippen molar-refractivity contribution in [2.75, 3.05) is 17.2 Å². The van der Waals surface area contributed by atoms with Crippen LogP contribution in [-0.2, 0) is 4.79 Å². The summed E-state index contributed by atoms with van der Waals surface area (Å²) in [6.07, 6.45) is 1.71. The van der Waals surface area contributed by atoms with E-state index in [2.05, 4.69) is 37.7 Å². The number of rotatable bonds is 5. The van der Waals surface area contributed by atoms with Gasteiger partial charge in [-0.25, -0.2) is 9.97 Å². The number of amides is 1. The highest BCUT2D eigenvalue weighted by molar-refractivity contribution is 5.95. The van der Waals surface area contributed by atoms with Gasteiger partial charge in [0.05, 0.1) is 6.54 Å². The van der Waals surface area contributed by atoms with Crippen molar-refractivity contribution < 1.29 is 4.79 Å². The van der Waals surface area contributed by atoms with Gasteiger partial charge in [0.2, 0.25) is 5.91 Å². The molecule has 2 aromatic heterocycles. The molecular formula is C22H25N5O. The number of benzene rings is 1. The fraction of sp³-hybridized carbons (Fsp3) is 0.273. The Kier molecular flexibility index (Phi) is 5.68. The number of hydrogen-bond acceptors (Lipinski definition) is 5. The van der Waals surface area contributed by atoms with Gasteiger partial charge < -0.3 is 10.6 Å². The molecule has 6 heteroatoms. The number of hydrogen-bond donors (Lipinski definition) is 2. The minimum absolute atomic E-state index is 0.117. The third-order valence-electron chi connectivity index (χ3n) is 4.64. The quantitative estimate of drug-likeness (QED) is 0.701. The highest BCUT2D eigenvalue weighted by Gasteiger charge is 2.13. The first kappa shape index (κ1) is 19.5. The van der Waals surface area contributed by atoms with Gasteiger partial charge in [0.25, 0.3) is 0 Å². The normalized spacial score (nSPS) is 10.6. The summed E-state index contributed by atoms with van der Waals surface area (Å²) in [4.78, 5) is 25.9. The predicted molar refractivity (Wildman–Crippen MR) is 113 cm³/mol. The zero-order valence-electron chi connectivity index (χ0n) is 16.9. The molecule has 0 aliphatic rings.